The van der Waals surface area contributed by atoms with Crippen molar-refractivity contribution in [1.29, 1.82) is 0 Å². The Morgan fingerprint density at radius 3 is 2.96 bits per heavy atom. The number of allylic oxidation sites excluding steroid dienone is 2. The third-order valence-electron chi connectivity index (χ3n) is 5.62. The molecule has 3 aliphatic heterocycles. The van der Waals surface area contributed by atoms with Crippen LogP contribution in [0.1, 0.15) is 22.5 Å². The normalized spacial score (nSPS) is 25.8. The number of halogens is 1. The minimum absolute atomic E-state index is 0.0904. The van der Waals surface area contributed by atoms with Crippen LogP contribution in [0.25, 0.3) is 0 Å². The number of nitrogens with zero attached hydrogens (tertiary/aromatic N) is 3. The van der Waals surface area contributed by atoms with Crippen molar-refractivity contribution < 1.29 is 14.0 Å². The molecule has 2 unspecified atom stereocenters. The molecule has 2 saturated heterocycles. The molecule has 2 aromatic heterocycles. The summed E-state index contributed by atoms with van der Waals surface area (Å²) in [6.07, 6.45) is 10.4. The first-order valence-corrected chi connectivity index (χ1v) is 9.40. The number of furan rings is 1. The summed E-state index contributed by atoms with van der Waals surface area (Å²) in [5.74, 6) is -0.285. The largest absolute Gasteiger partial charge is 0.472 e. The third-order valence-corrected chi connectivity index (χ3v) is 5.84. The van der Waals surface area contributed by atoms with E-state index in [0.717, 1.165) is 0 Å². The number of carbonyl (C=O) groups is 2. The van der Waals surface area contributed by atoms with E-state index in [9.17, 15) is 9.59 Å². The summed E-state index contributed by atoms with van der Waals surface area (Å²) < 4.78 is 5.10. The van der Waals surface area contributed by atoms with Gasteiger partial charge in [0.05, 0.1) is 28.6 Å². The molecule has 28 heavy (non-hydrogen) atoms. The maximum absolute atomic E-state index is 13.3. The van der Waals surface area contributed by atoms with Gasteiger partial charge in [0, 0.05) is 31.3 Å². The number of rotatable bonds is 2. The summed E-state index contributed by atoms with van der Waals surface area (Å²) in [6.45, 7) is 0.841. The second-order valence-corrected chi connectivity index (χ2v) is 7.44. The molecule has 2 fully saturated rings. The number of amides is 2. The molecule has 142 valence electrons. The zero-order chi connectivity index (χ0) is 19.3. The van der Waals surface area contributed by atoms with Gasteiger partial charge in [-0.05, 0) is 30.5 Å². The number of nitrogens with one attached hydrogen (secondary N) is 1. The van der Waals surface area contributed by atoms with Crippen molar-refractivity contribution >= 4 is 23.4 Å². The molecule has 0 bridgehead atoms. The van der Waals surface area contributed by atoms with E-state index in [1.165, 1.54) is 12.5 Å². The monoisotopic (exact) mass is 396 g/mol. The SMILES string of the molecule is O=C1C2=CC=CNC2CC2(c3ccc(Cl)cn3)N1CCN2C(=O)c1ccoc1. The quantitative estimate of drug-likeness (QED) is 0.842. The van der Waals surface area contributed by atoms with Crippen LogP contribution in [0.5, 0.6) is 0 Å². The van der Waals surface area contributed by atoms with Crippen molar-refractivity contribution in [2.75, 3.05) is 13.1 Å². The fourth-order valence-corrected chi connectivity index (χ4v) is 4.48. The average molecular weight is 397 g/mol. The fraction of sp³-hybridized carbons (Fsp3) is 0.250. The van der Waals surface area contributed by atoms with Crippen LogP contribution in [-0.2, 0) is 10.5 Å². The number of aromatic nitrogens is 1. The second kappa shape index (κ2) is 6.24. The number of carbonyl (C=O) groups excluding carboxylic acids is 2. The Kier molecular flexibility index (Phi) is 3.80. The Balaban J connectivity index is 1.66. The van der Waals surface area contributed by atoms with Gasteiger partial charge < -0.3 is 19.5 Å². The van der Waals surface area contributed by atoms with Crippen LogP contribution in [0.4, 0.5) is 0 Å². The molecule has 8 heteroatoms. The van der Waals surface area contributed by atoms with Gasteiger partial charge in [0.2, 0.25) is 0 Å². The van der Waals surface area contributed by atoms with Gasteiger partial charge in [-0.25, -0.2) is 0 Å². The summed E-state index contributed by atoms with van der Waals surface area (Å²) in [4.78, 5) is 34.6. The van der Waals surface area contributed by atoms with Crippen molar-refractivity contribution in [3.63, 3.8) is 0 Å². The van der Waals surface area contributed by atoms with Gasteiger partial charge in [-0.15, -0.1) is 0 Å². The highest BCUT2D eigenvalue weighted by molar-refractivity contribution is 6.30. The van der Waals surface area contributed by atoms with E-state index < -0.39 is 5.66 Å². The van der Waals surface area contributed by atoms with Crippen LogP contribution in [0, 0.1) is 0 Å². The number of piperidine rings is 1. The van der Waals surface area contributed by atoms with Gasteiger partial charge in [-0.1, -0.05) is 17.7 Å². The second-order valence-electron chi connectivity index (χ2n) is 7.01. The predicted octanol–water partition coefficient (Wildman–Crippen LogP) is 2.28. The van der Waals surface area contributed by atoms with Gasteiger partial charge >= 0.3 is 0 Å². The summed E-state index contributed by atoms with van der Waals surface area (Å²) in [5, 5.41) is 3.76. The molecule has 1 N–H and O–H groups in total. The van der Waals surface area contributed by atoms with Gasteiger partial charge in [0.25, 0.3) is 11.8 Å². The molecule has 3 aliphatic rings. The lowest BCUT2D eigenvalue weighted by Crippen LogP contribution is -2.62. The minimum atomic E-state index is -0.990. The topological polar surface area (TPSA) is 78.7 Å². The zero-order valence-corrected chi connectivity index (χ0v) is 15.6. The molecule has 0 aromatic carbocycles. The van der Waals surface area contributed by atoms with Crippen LogP contribution >= 0.6 is 11.6 Å². The zero-order valence-electron chi connectivity index (χ0n) is 14.8. The first kappa shape index (κ1) is 17.1. The Hall–Kier alpha value is -3.06. The van der Waals surface area contributed by atoms with E-state index in [-0.39, 0.29) is 17.9 Å². The Morgan fingerprint density at radius 1 is 1.32 bits per heavy atom. The smallest absolute Gasteiger partial charge is 0.259 e. The lowest BCUT2D eigenvalue weighted by atomic mass is 9.83. The van der Waals surface area contributed by atoms with Crippen LogP contribution in [0.3, 0.4) is 0 Å². The van der Waals surface area contributed by atoms with E-state index in [4.69, 9.17) is 16.0 Å². The molecule has 0 spiro atoms. The highest BCUT2D eigenvalue weighted by atomic mass is 35.5. The molecule has 0 aliphatic carbocycles. The molecule has 2 atom stereocenters. The number of dihydropyridines is 1. The van der Waals surface area contributed by atoms with Crippen LogP contribution < -0.4 is 5.32 Å². The molecule has 5 rings (SSSR count). The summed E-state index contributed by atoms with van der Waals surface area (Å²) >= 11 is 6.04. The summed E-state index contributed by atoms with van der Waals surface area (Å²) in [5.41, 5.74) is 0.774. The van der Waals surface area contributed by atoms with Crippen molar-refractivity contribution in [3.05, 3.63) is 77.1 Å². The number of pyridine rings is 1. The molecule has 0 radical (unpaired) electrons. The Bertz CT molecular complexity index is 999. The van der Waals surface area contributed by atoms with Crippen molar-refractivity contribution in [1.82, 2.24) is 20.1 Å². The third kappa shape index (κ3) is 2.32. The van der Waals surface area contributed by atoms with Crippen molar-refractivity contribution in [3.8, 4) is 0 Å². The van der Waals surface area contributed by atoms with Crippen LogP contribution in [0.15, 0.2) is 65.3 Å². The number of hydrogen-bond donors (Lipinski definition) is 1. The Labute approximate surface area is 166 Å². The van der Waals surface area contributed by atoms with Crippen molar-refractivity contribution in [2.24, 2.45) is 0 Å². The van der Waals surface area contributed by atoms with Gasteiger partial charge in [-0.2, -0.15) is 0 Å². The highest BCUT2D eigenvalue weighted by Gasteiger charge is 2.59. The number of fused-ring (bicyclic) bond motifs is 2. The fourth-order valence-electron chi connectivity index (χ4n) is 4.37. The number of hydrogen-bond acceptors (Lipinski definition) is 5. The first-order chi connectivity index (χ1) is 13.6. The molecule has 7 nitrogen and oxygen atoms in total. The van der Waals surface area contributed by atoms with Gasteiger partial charge in [0.15, 0.2) is 5.66 Å². The van der Waals surface area contributed by atoms with E-state index >= 15 is 0 Å². The van der Waals surface area contributed by atoms with Gasteiger partial charge in [-0.3, -0.25) is 14.6 Å². The molecule has 2 amide bonds. The van der Waals surface area contributed by atoms with E-state index in [2.05, 4.69) is 10.3 Å². The van der Waals surface area contributed by atoms with E-state index in [1.807, 2.05) is 18.4 Å². The molecule has 0 saturated carbocycles. The van der Waals surface area contributed by atoms with E-state index in [0.29, 0.717) is 41.4 Å². The van der Waals surface area contributed by atoms with Crippen molar-refractivity contribution in [2.45, 2.75) is 18.1 Å². The molecular weight excluding hydrogens is 380 g/mol. The van der Waals surface area contributed by atoms with E-state index in [1.54, 1.807) is 34.2 Å². The lowest BCUT2D eigenvalue weighted by molar-refractivity contribution is -0.140. The first-order valence-electron chi connectivity index (χ1n) is 9.02. The van der Waals surface area contributed by atoms with Gasteiger partial charge in [0.1, 0.15) is 6.26 Å². The molecular formula is C20H17ClN4O3. The summed E-state index contributed by atoms with van der Waals surface area (Å²) in [7, 11) is 0. The maximum Gasteiger partial charge on any atom is 0.259 e. The minimum Gasteiger partial charge on any atom is -0.472 e. The highest BCUT2D eigenvalue weighted by Crippen LogP contribution is 2.46. The summed E-state index contributed by atoms with van der Waals surface area (Å²) in [6, 6.07) is 4.95. The predicted molar refractivity (Wildman–Crippen MR) is 101 cm³/mol. The Morgan fingerprint density at radius 2 is 2.21 bits per heavy atom. The standard InChI is InChI=1S/C20H17ClN4O3/c21-14-3-4-17(23-11-14)20-10-16-15(2-1-6-22-16)19(27)25(20)8-7-24(20)18(26)13-5-9-28-12-13/h1-6,9,11-12,16,22H,7-8,10H2. The average Bonchev–Trinajstić information content (AvgIpc) is 3.37. The van der Waals surface area contributed by atoms with Crippen LogP contribution in [0.2, 0.25) is 5.02 Å². The maximum atomic E-state index is 13.3. The lowest BCUT2D eigenvalue weighted by Gasteiger charge is -2.49. The van der Waals surface area contributed by atoms with Crippen LogP contribution in [-0.4, -0.2) is 45.7 Å². The molecule has 2 aromatic rings. The molecule has 5 heterocycles.